The molecule has 2 saturated carbocycles. The van der Waals surface area contributed by atoms with Gasteiger partial charge in [0.25, 0.3) is 0 Å². The number of carbonyl (C=O) groups is 2. The molecule has 4 atom stereocenters. The zero-order chi connectivity index (χ0) is 17.9. The Morgan fingerprint density at radius 2 is 2.08 bits per heavy atom. The fourth-order valence-corrected chi connectivity index (χ4v) is 5.12. The van der Waals surface area contributed by atoms with Gasteiger partial charge >= 0.3 is 5.97 Å². The molecule has 6 heteroatoms. The summed E-state index contributed by atoms with van der Waals surface area (Å²) in [4.78, 5) is 36.2. The maximum atomic E-state index is 12.6. The average Bonchev–Trinajstić information content (AvgIpc) is 3.11. The molecule has 2 bridgehead atoms. The van der Waals surface area contributed by atoms with Crippen molar-refractivity contribution in [2.45, 2.75) is 70.7 Å². The monoisotopic (exact) mass is 348 g/mol. The first-order valence-corrected chi connectivity index (χ1v) is 8.90. The highest BCUT2D eigenvalue weighted by Gasteiger charge is 2.69. The van der Waals surface area contributed by atoms with Crippen LogP contribution in [0.2, 0.25) is 0 Å². The number of rotatable bonds is 2. The first kappa shape index (κ1) is 16.8. The van der Waals surface area contributed by atoms with Gasteiger partial charge in [0.15, 0.2) is 11.4 Å². The molecule has 0 N–H and O–H groups in total. The van der Waals surface area contributed by atoms with Gasteiger partial charge in [-0.25, -0.2) is 14.6 Å². The molecule has 1 spiro atoms. The van der Waals surface area contributed by atoms with Crippen LogP contribution < -0.4 is 0 Å². The highest BCUT2D eigenvalue weighted by molar-refractivity contribution is 5.90. The highest BCUT2D eigenvalue weighted by atomic mass is 17.2. The summed E-state index contributed by atoms with van der Waals surface area (Å²) in [5, 5.41) is 0. The van der Waals surface area contributed by atoms with E-state index in [1.54, 1.807) is 6.07 Å². The van der Waals surface area contributed by atoms with E-state index in [-0.39, 0.29) is 28.8 Å². The van der Waals surface area contributed by atoms with Crippen molar-refractivity contribution in [3.05, 3.63) is 24.2 Å². The first-order valence-electron chi connectivity index (χ1n) is 8.90. The Morgan fingerprint density at radius 3 is 2.80 bits per heavy atom. The predicted molar refractivity (Wildman–Crippen MR) is 86.6 cm³/mol. The number of Topliss-reactive ketones (excluding diaryl/α,β-unsaturated/α-hetero) is 1. The molecule has 2 aliphatic carbocycles. The molecule has 0 radical (unpaired) electrons. The van der Waals surface area contributed by atoms with Crippen molar-refractivity contribution in [2.75, 3.05) is 0 Å². The summed E-state index contributed by atoms with van der Waals surface area (Å²) in [6.07, 6.45) is 5.50. The number of carbonyl (C=O) groups excluding carboxylic acids is 2. The van der Waals surface area contributed by atoms with Crippen LogP contribution in [0.5, 0.6) is 0 Å². The van der Waals surface area contributed by atoms with Crippen LogP contribution >= 0.6 is 0 Å². The zero-order valence-corrected chi connectivity index (χ0v) is 14.9. The Balaban J connectivity index is 1.58. The Labute approximate surface area is 146 Å². The van der Waals surface area contributed by atoms with Gasteiger partial charge in [-0.2, -0.15) is 0 Å². The van der Waals surface area contributed by atoms with E-state index in [0.717, 1.165) is 12.8 Å². The average molecular weight is 348 g/mol. The molecule has 3 aliphatic rings. The molecule has 3 fully saturated rings. The molecule has 136 valence electrons. The van der Waals surface area contributed by atoms with Gasteiger partial charge in [-0.3, -0.25) is 4.79 Å². The number of ketones is 1. The number of furan rings is 1. The SMILES string of the molecule is CC1(C)CCC(=O)[C@@]2(C)OO[C@@H]3C[C@@]12CC[C@H]3OC(=O)c1ccoc1. The van der Waals surface area contributed by atoms with Gasteiger partial charge in [0.05, 0.1) is 11.8 Å². The Kier molecular flexibility index (Phi) is 3.64. The lowest BCUT2D eigenvalue weighted by atomic mass is 9.45. The summed E-state index contributed by atoms with van der Waals surface area (Å²) in [7, 11) is 0. The second kappa shape index (κ2) is 5.42. The van der Waals surface area contributed by atoms with Crippen molar-refractivity contribution >= 4 is 11.8 Å². The van der Waals surface area contributed by atoms with E-state index < -0.39 is 11.6 Å². The molecule has 2 heterocycles. The third-order valence-corrected chi connectivity index (χ3v) is 6.89. The normalized spacial score (nSPS) is 39.6. The molecule has 25 heavy (non-hydrogen) atoms. The van der Waals surface area contributed by atoms with E-state index in [1.807, 2.05) is 6.92 Å². The molecule has 0 unspecified atom stereocenters. The van der Waals surface area contributed by atoms with Gasteiger partial charge in [-0.05, 0) is 44.1 Å². The Bertz CT molecular complexity index is 693. The van der Waals surface area contributed by atoms with Crippen LogP contribution in [0.4, 0.5) is 0 Å². The number of ether oxygens (including phenoxy) is 1. The second-order valence-corrected chi connectivity index (χ2v) is 8.34. The summed E-state index contributed by atoms with van der Waals surface area (Å²) in [6, 6.07) is 1.57. The molecule has 0 aromatic carbocycles. The lowest BCUT2D eigenvalue weighted by Crippen LogP contribution is -2.70. The Hall–Kier alpha value is -1.66. The molecule has 4 rings (SSSR count). The standard InChI is InChI=1S/C19H24O6/c1-17(2)7-5-15(20)18(3)19(17)8-4-13(14(10-19)24-25-18)23-16(21)12-6-9-22-11-12/h6,9,11,13-14H,4-5,7-8,10H2,1-3H3/t13-,14-,18-,19+/m1/s1. The van der Waals surface area contributed by atoms with Crippen LogP contribution in [0.15, 0.2) is 23.0 Å². The highest BCUT2D eigenvalue weighted by Crippen LogP contribution is 2.64. The van der Waals surface area contributed by atoms with Crippen molar-refractivity contribution in [3.8, 4) is 0 Å². The van der Waals surface area contributed by atoms with Crippen molar-refractivity contribution < 1.29 is 28.5 Å². The van der Waals surface area contributed by atoms with Crippen LogP contribution in [0.25, 0.3) is 0 Å². The fraction of sp³-hybridized carbons (Fsp3) is 0.684. The third kappa shape index (κ3) is 2.23. The fourth-order valence-electron chi connectivity index (χ4n) is 5.12. The van der Waals surface area contributed by atoms with Gasteiger partial charge in [0.1, 0.15) is 18.5 Å². The van der Waals surface area contributed by atoms with Crippen LogP contribution in [0.3, 0.4) is 0 Å². The van der Waals surface area contributed by atoms with Crippen molar-refractivity contribution in [1.82, 2.24) is 0 Å². The minimum atomic E-state index is -0.926. The Morgan fingerprint density at radius 1 is 1.28 bits per heavy atom. The summed E-state index contributed by atoms with van der Waals surface area (Å²) in [6.45, 7) is 6.28. The quantitative estimate of drug-likeness (QED) is 0.602. The summed E-state index contributed by atoms with van der Waals surface area (Å²) in [5.41, 5.74) is -0.881. The zero-order valence-electron chi connectivity index (χ0n) is 14.9. The van der Waals surface area contributed by atoms with Gasteiger partial charge in [0.2, 0.25) is 0 Å². The van der Waals surface area contributed by atoms with Crippen molar-refractivity contribution in [1.29, 1.82) is 0 Å². The lowest BCUT2D eigenvalue weighted by Gasteiger charge is -2.64. The third-order valence-electron chi connectivity index (χ3n) is 6.89. The van der Waals surface area contributed by atoms with Crippen molar-refractivity contribution in [2.24, 2.45) is 10.8 Å². The predicted octanol–water partition coefficient (Wildman–Crippen LogP) is 3.45. The molecular formula is C19H24O6. The summed E-state index contributed by atoms with van der Waals surface area (Å²) in [5.74, 6) is -0.315. The van der Waals surface area contributed by atoms with Crippen LogP contribution in [0.1, 0.15) is 63.2 Å². The lowest BCUT2D eigenvalue weighted by molar-refractivity contribution is -0.456. The molecule has 6 nitrogen and oxygen atoms in total. The maximum Gasteiger partial charge on any atom is 0.341 e. The van der Waals surface area contributed by atoms with Gasteiger partial charge in [-0.1, -0.05) is 13.8 Å². The molecular weight excluding hydrogens is 324 g/mol. The molecule has 1 aromatic rings. The van der Waals surface area contributed by atoms with Crippen LogP contribution in [-0.2, 0) is 19.3 Å². The number of fused-ring (bicyclic) bond motifs is 1. The van der Waals surface area contributed by atoms with Gasteiger partial charge < -0.3 is 9.15 Å². The number of hydrogen-bond acceptors (Lipinski definition) is 6. The second-order valence-electron chi connectivity index (χ2n) is 8.34. The largest absolute Gasteiger partial charge is 0.472 e. The first-order chi connectivity index (χ1) is 11.8. The van der Waals surface area contributed by atoms with Gasteiger partial charge in [0, 0.05) is 11.8 Å². The topological polar surface area (TPSA) is 75.0 Å². The van der Waals surface area contributed by atoms with E-state index in [1.165, 1.54) is 12.5 Å². The van der Waals surface area contributed by atoms with Crippen LogP contribution in [-0.4, -0.2) is 29.6 Å². The van der Waals surface area contributed by atoms with E-state index in [9.17, 15) is 9.59 Å². The molecule has 1 saturated heterocycles. The molecule has 1 aliphatic heterocycles. The van der Waals surface area contributed by atoms with Crippen molar-refractivity contribution in [3.63, 3.8) is 0 Å². The minimum Gasteiger partial charge on any atom is -0.472 e. The number of esters is 1. The van der Waals surface area contributed by atoms with E-state index in [2.05, 4.69) is 13.8 Å². The summed E-state index contributed by atoms with van der Waals surface area (Å²) >= 11 is 0. The van der Waals surface area contributed by atoms with E-state index in [4.69, 9.17) is 18.9 Å². The van der Waals surface area contributed by atoms with Gasteiger partial charge in [-0.15, -0.1) is 0 Å². The van der Waals surface area contributed by atoms with E-state index >= 15 is 0 Å². The molecule has 0 amide bonds. The smallest absolute Gasteiger partial charge is 0.341 e. The minimum absolute atomic E-state index is 0.0444. The maximum absolute atomic E-state index is 12.6. The molecule has 1 aromatic heterocycles. The summed E-state index contributed by atoms with van der Waals surface area (Å²) < 4.78 is 10.6. The number of hydrogen-bond donors (Lipinski definition) is 0. The van der Waals surface area contributed by atoms with E-state index in [0.29, 0.717) is 24.8 Å². The van der Waals surface area contributed by atoms with Crippen LogP contribution in [0, 0.1) is 10.8 Å².